The van der Waals surface area contributed by atoms with Crippen LogP contribution in [0, 0.1) is 0 Å². The number of aliphatic hydroxyl groups is 1. The minimum absolute atomic E-state index is 0.158. The quantitative estimate of drug-likeness (QED) is 0.473. The van der Waals surface area contributed by atoms with Crippen molar-refractivity contribution in [2.45, 2.75) is 13.0 Å². The van der Waals surface area contributed by atoms with Crippen LogP contribution >= 0.6 is 0 Å². The van der Waals surface area contributed by atoms with Gasteiger partial charge in [0.1, 0.15) is 6.10 Å². The highest BCUT2D eigenvalue weighted by molar-refractivity contribution is 5.13. The number of rotatable bonds is 1. The van der Waals surface area contributed by atoms with E-state index in [9.17, 15) is 0 Å². The summed E-state index contributed by atoms with van der Waals surface area (Å²) in [5, 5.41) is 14.8. The van der Waals surface area contributed by atoms with Gasteiger partial charge in [0.15, 0.2) is 5.82 Å². The van der Waals surface area contributed by atoms with Gasteiger partial charge in [-0.2, -0.15) is 4.98 Å². The highest BCUT2D eigenvalue weighted by Gasteiger charge is 2.03. The summed E-state index contributed by atoms with van der Waals surface area (Å²) in [5.41, 5.74) is 5.15. The van der Waals surface area contributed by atoms with Gasteiger partial charge in [-0.3, -0.25) is 5.10 Å². The number of aromatic amines is 1. The van der Waals surface area contributed by atoms with Gasteiger partial charge in [0, 0.05) is 0 Å². The van der Waals surface area contributed by atoms with E-state index in [0.29, 0.717) is 5.82 Å². The van der Waals surface area contributed by atoms with Gasteiger partial charge in [-0.25, -0.2) is 0 Å². The molecule has 1 rings (SSSR count). The maximum Gasteiger partial charge on any atom is 0.239 e. The Morgan fingerprint density at radius 3 is 2.67 bits per heavy atom. The first-order chi connectivity index (χ1) is 4.20. The van der Waals surface area contributed by atoms with Gasteiger partial charge >= 0.3 is 0 Å². The third-order valence-electron chi connectivity index (χ3n) is 0.916. The molecule has 0 saturated heterocycles. The van der Waals surface area contributed by atoms with Crippen LogP contribution < -0.4 is 5.73 Å². The maximum atomic E-state index is 8.85. The molecule has 5 heteroatoms. The summed E-state index contributed by atoms with van der Waals surface area (Å²) < 4.78 is 0. The molecule has 1 unspecified atom stereocenters. The predicted octanol–water partition coefficient (Wildman–Crippen LogP) is -0.560. The van der Waals surface area contributed by atoms with Gasteiger partial charge in [0.25, 0.3) is 0 Å². The summed E-state index contributed by atoms with van der Waals surface area (Å²) >= 11 is 0. The average Bonchev–Trinajstić information content (AvgIpc) is 2.14. The number of aliphatic hydroxyl groups excluding tert-OH is 1. The molecule has 4 N–H and O–H groups in total. The lowest BCUT2D eigenvalue weighted by atomic mass is 10.4. The molecule has 0 bridgehead atoms. The molecule has 0 amide bonds. The van der Waals surface area contributed by atoms with E-state index in [0.717, 1.165) is 0 Å². The molecule has 5 nitrogen and oxygen atoms in total. The lowest BCUT2D eigenvalue weighted by Crippen LogP contribution is -1.93. The molecule has 0 aliphatic carbocycles. The number of nitrogens with one attached hydrogen (secondary N) is 1. The van der Waals surface area contributed by atoms with E-state index in [4.69, 9.17) is 10.8 Å². The molecule has 1 aromatic rings. The van der Waals surface area contributed by atoms with E-state index >= 15 is 0 Å². The second-order valence-corrected chi connectivity index (χ2v) is 1.75. The topological polar surface area (TPSA) is 87.8 Å². The third kappa shape index (κ3) is 1.17. The number of hydrogen-bond donors (Lipinski definition) is 3. The number of nitrogens with two attached hydrogens (primary N) is 1. The molecule has 0 aliphatic rings. The van der Waals surface area contributed by atoms with Crippen molar-refractivity contribution in [1.82, 2.24) is 15.2 Å². The van der Waals surface area contributed by atoms with E-state index in [1.165, 1.54) is 0 Å². The molecule has 0 fully saturated rings. The maximum absolute atomic E-state index is 8.85. The monoisotopic (exact) mass is 128 g/mol. The fourth-order valence-electron chi connectivity index (χ4n) is 0.475. The van der Waals surface area contributed by atoms with E-state index in [-0.39, 0.29) is 5.95 Å². The summed E-state index contributed by atoms with van der Waals surface area (Å²) in [6, 6.07) is 0. The van der Waals surface area contributed by atoms with Crippen LogP contribution in [0.5, 0.6) is 0 Å². The standard InChI is InChI=1S/C4H8N4O/c1-2(9)3-6-4(5)8-7-3/h2,9H,1H3,(H3,5,6,7,8). The molecule has 9 heavy (non-hydrogen) atoms. The molecular weight excluding hydrogens is 120 g/mol. The van der Waals surface area contributed by atoms with Crippen LogP contribution in [0.2, 0.25) is 0 Å². The Labute approximate surface area is 51.9 Å². The Morgan fingerprint density at radius 2 is 2.44 bits per heavy atom. The molecule has 0 aliphatic heterocycles. The van der Waals surface area contributed by atoms with E-state index in [1.54, 1.807) is 6.92 Å². The number of hydrogen-bond acceptors (Lipinski definition) is 4. The summed E-state index contributed by atoms with van der Waals surface area (Å²) in [5.74, 6) is 0.554. The molecule has 0 saturated carbocycles. The van der Waals surface area contributed by atoms with Crippen molar-refractivity contribution in [3.63, 3.8) is 0 Å². The smallest absolute Gasteiger partial charge is 0.239 e. The Morgan fingerprint density at radius 1 is 1.78 bits per heavy atom. The Hall–Kier alpha value is -1.10. The van der Waals surface area contributed by atoms with Crippen molar-refractivity contribution in [1.29, 1.82) is 0 Å². The van der Waals surface area contributed by atoms with Crippen LogP contribution in [0.15, 0.2) is 0 Å². The van der Waals surface area contributed by atoms with E-state index in [1.807, 2.05) is 0 Å². The molecule has 0 radical (unpaired) electrons. The van der Waals surface area contributed by atoms with Gasteiger partial charge in [0.05, 0.1) is 0 Å². The highest BCUT2D eigenvalue weighted by atomic mass is 16.3. The Balaban J connectivity index is 2.85. The van der Waals surface area contributed by atoms with Crippen molar-refractivity contribution < 1.29 is 5.11 Å². The minimum atomic E-state index is -0.630. The van der Waals surface area contributed by atoms with Gasteiger partial charge < -0.3 is 10.8 Å². The second-order valence-electron chi connectivity index (χ2n) is 1.75. The molecule has 50 valence electrons. The molecular formula is C4H8N4O. The number of nitrogens with zero attached hydrogens (tertiary/aromatic N) is 2. The molecule has 1 aromatic heterocycles. The van der Waals surface area contributed by atoms with Gasteiger partial charge in [-0.05, 0) is 6.92 Å². The zero-order valence-electron chi connectivity index (χ0n) is 5.00. The van der Waals surface area contributed by atoms with Crippen LogP contribution in [-0.4, -0.2) is 20.3 Å². The van der Waals surface area contributed by atoms with Crippen LogP contribution in [0.25, 0.3) is 0 Å². The number of H-pyrrole nitrogens is 1. The first kappa shape index (κ1) is 6.03. The lowest BCUT2D eigenvalue weighted by molar-refractivity contribution is 0.189. The molecule has 0 spiro atoms. The normalized spacial score (nSPS) is 13.6. The van der Waals surface area contributed by atoms with Crippen molar-refractivity contribution in [2.75, 3.05) is 5.73 Å². The van der Waals surface area contributed by atoms with Crippen molar-refractivity contribution in [3.05, 3.63) is 5.82 Å². The number of aromatic nitrogens is 3. The van der Waals surface area contributed by atoms with E-state index in [2.05, 4.69) is 15.2 Å². The summed E-state index contributed by atoms with van der Waals surface area (Å²) in [4.78, 5) is 3.67. The first-order valence-electron chi connectivity index (χ1n) is 2.56. The summed E-state index contributed by atoms with van der Waals surface area (Å²) in [6.45, 7) is 1.58. The lowest BCUT2D eigenvalue weighted by Gasteiger charge is -1.93. The van der Waals surface area contributed by atoms with Gasteiger partial charge in [-0.1, -0.05) is 0 Å². The second kappa shape index (κ2) is 2.02. The van der Waals surface area contributed by atoms with E-state index < -0.39 is 6.10 Å². The Bertz CT molecular complexity index is 194. The van der Waals surface area contributed by atoms with Crippen molar-refractivity contribution in [3.8, 4) is 0 Å². The SMILES string of the molecule is CC(O)c1nc(N)n[nH]1. The zero-order valence-corrected chi connectivity index (χ0v) is 5.00. The van der Waals surface area contributed by atoms with Gasteiger partial charge in [-0.15, -0.1) is 5.10 Å². The largest absolute Gasteiger partial charge is 0.385 e. The van der Waals surface area contributed by atoms with Crippen LogP contribution in [0.1, 0.15) is 18.9 Å². The fourth-order valence-corrected chi connectivity index (χ4v) is 0.475. The zero-order chi connectivity index (χ0) is 6.85. The fraction of sp³-hybridized carbons (Fsp3) is 0.500. The number of nitrogen functional groups attached to an aromatic ring is 1. The first-order valence-corrected chi connectivity index (χ1v) is 2.56. The predicted molar refractivity (Wildman–Crippen MR) is 31.4 cm³/mol. The average molecular weight is 128 g/mol. The third-order valence-corrected chi connectivity index (χ3v) is 0.916. The molecule has 0 aromatic carbocycles. The minimum Gasteiger partial charge on any atom is -0.385 e. The Kier molecular flexibility index (Phi) is 1.35. The molecule has 1 heterocycles. The highest BCUT2D eigenvalue weighted by Crippen LogP contribution is 2.04. The van der Waals surface area contributed by atoms with Crippen LogP contribution in [0.3, 0.4) is 0 Å². The van der Waals surface area contributed by atoms with Crippen molar-refractivity contribution >= 4 is 5.95 Å². The molecule has 1 atom stereocenters. The van der Waals surface area contributed by atoms with Gasteiger partial charge in [0.2, 0.25) is 5.95 Å². The summed E-state index contributed by atoms with van der Waals surface area (Å²) in [6.07, 6.45) is -0.630. The van der Waals surface area contributed by atoms with Crippen LogP contribution in [0.4, 0.5) is 5.95 Å². The number of anilines is 1. The van der Waals surface area contributed by atoms with Crippen LogP contribution in [-0.2, 0) is 0 Å². The summed E-state index contributed by atoms with van der Waals surface area (Å²) in [7, 11) is 0. The van der Waals surface area contributed by atoms with Crippen molar-refractivity contribution in [2.24, 2.45) is 0 Å².